The molecule has 0 N–H and O–H groups in total. The molecule has 0 amide bonds. The fourth-order valence-corrected chi connectivity index (χ4v) is 3.01. The maximum Gasteiger partial charge on any atom is 0.130 e. The zero-order chi connectivity index (χ0) is 13.4. The number of benzene rings is 2. The van der Waals surface area contributed by atoms with Gasteiger partial charge in [-0.05, 0) is 6.42 Å². The number of methoxy groups -OCH3 is 2. The van der Waals surface area contributed by atoms with E-state index in [1.807, 2.05) is 18.2 Å². The van der Waals surface area contributed by atoms with Gasteiger partial charge in [0, 0.05) is 33.4 Å². The molecule has 2 nitrogen and oxygen atoms in total. The number of hydrogen-bond acceptors (Lipinski definition) is 2. The molecule has 2 aromatic carbocycles. The van der Waals surface area contributed by atoms with Gasteiger partial charge in [0.2, 0.25) is 0 Å². The Hall–Kier alpha value is -1.67. The summed E-state index contributed by atoms with van der Waals surface area (Å²) in [4.78, 5) is 0. The number of hydrogen-bond donors (Lipinski definition) is 0. The van der Waals surface area contributed by atoms with Gasteiger partial charge in [-0.2, -0.15) is 0 Å². The Morgan fingerprint density at radius 1 is 0.947 bits per heavy atom. The number of ether oxygens (including phenoxy) is 2. The van der Waals surface area contributed by atoms with Crippen molar-refractivity contribution in [3.05, 3.63) is 46.5 Å². The van der Waals surface area contributed by atoms with E-state index in [0.717, 1.165) is 39.3 Å². The van der Waals surface area contributed by atoms with Gasteiger partial charge in [-0.1, -0.05) is 41.9 Å². The smallest absolute Gasteiger partial charge is 0.130 e. The van der Waals surface area contributed by atoms with Crippen LogP contribution in [0, 0.1) is 0 Å². The zero-order valence-electron chi connectivity index (χ0n) is 11.0. The van der Waals surface area contributed by atoms with Gasteiger partial charge in [0.05, 0.1) is 14.2 Å². The third-order valence-corrected chi connectivity index (χ3v) is 3.90. The lowest BCUT2D eigenvalue weighted by Crippen LogP contribution is -2.06. The third-order valence-electron chi connectivity index (χ3n) is 3.61. The van der Waals surface area contributed by atoms with Crippen LogP contribution >= 0.6 is 11.6 Å². The zero-order valence-corrected chi connectivity index (χ0v) is 11.8. The van der Waals surface area contributed by atoms with E-state index >= 15 is 0 Å². The molecule has 0 atom stereocenters. The Balaban J connectivity index is 2.41. The molecule has 2 aromatic rings. The lowest BCUT2D eigenvalue weighted by molar-refractivity contribution is 0.403. The molecule has 0 saturated heterocycles. The summed E-state index contributed by atoms with van der Waals surface area (Å²) in [5, 5.41) is 3.03. The molecule has 98 valence electrons. The molecule has 0 heterocycles. The van der Waals surface area contributed by atoms with Crippen molar-refractivity contribution in [1.82, 2.24) is 0 Å². The first-order chi connectivity index (χ1) is 9.26. The van der Waals surface area contributed by atoms with E-state index in [1.54, 1.807) is 14.2 Å². The first-order valence-corrected chi connectivity index (χ1v) is 6.63. The lowest BCUT2D eigenvalue weighted by Gasteiger charge is -2.22. The van der Waals surface area contributed by atoms with E-state index in [4.69, 9.17) is 21.1 Å². The van der Waals surface area contributed by atoms with Gasteiger partial charge in [-0.15, -0.1) is 0 Å². The molecule has 0 bridgehead atoms. The summed E-state index contributed by atoms with van der Waals surface area (Å²) in [6.45, 7) is 0. The second-order valence-corrected chi connectivity index (χ2v) is 5.09. The first kappa shape index (κ1) is 12.4. The Kier molecular flexibility index (Phi) is 3.11. The van der Waals surface area contributed by atoms with E-state index in [2.05, 4.69) is 12.1 Å². The Morgan fingerprint density at radius 2 is 1.53 bits per heavy atom. The van der Waals surface area contributed by atoms with E-state index in [9.17, 15) is 0 Å². The fraction of sp³-hybridized carbons (Fsp3) is 0.250. The summed E-state index contributed by atoms with van der Waals surface area (Å²) in [7, 11) is 3.43. The van der Waals surface area contributed by atoms with Gasteiger partial charge in [-0.3, -0.25) is 0 Å². The minimum atomic E-state index is 0.710. The maximum atomic E-state index is 6.18. The van der Waals surface area contributed by atoms with Gasteiger partial charge in [0.1, 0.15) is 11.5 Å². The van der Waals surface area contributed by atoms with Gasteiger partial charge in [0.15, 0.2) is 0 Å². The summed E-state index contributed by atoms with van der Waals surface area (Å²) in [6.07, 6.45) is 3.54. The SMILES string of the molecule is COc1c2c(c(OC)c3ccccc13)CC(Cl)=CC2. The second-order valence-electron chi connectivity index (χ2n) is 4.60. The van der Waals surface area contributed by atoms with Crippen LogP contribution in [0.25, 0.3) is 10.8 Å². The van der Waals surface area contributed by atoms with Crippen molar-refractivity contribution >= 4 is 22.4 Å². The first-order valence-electron chi connectivity index (χ1n) is 6.25. The molecule has 0 spiro atoms. The maximum absolute atomic E-state index is 6.18. The number of allylic oxidation sites excluding steroid dienone is 2. The molecule has 3 rings (SSSR count). The molecular formula is C16H15ClO2. The van der Waals surface area contributed by atoms with Gasteiger partial charge >= 0.3 is 0 Å². The molecule has 3 heteroatoms. The molecule has 1 aliphatic carbocycles. The van der Waals surface area contributed by atoms with Crippen LogP contribution in [-0.2, 0) is 12.8 Å². The van der Waals surface area contributed by atoms with Crippen LogP contribution in [0.15, 0.2) is 35.4 Å². The highest BCUT2D eigenvalue weighted by molar-refractivity contribution is 6.30. The van der Waals surface area contributed by atoms with Crippen molar-refractivity contribution < 1.29 is 9.47 Å². The monoisotopic (exact) mass is 274 g/mol. The van der Waals surface area contributed by atoms with Crippen LogP contribution in [-0.4, -0.2) is 14.2 Å². The van der Waals surface area contributed by atoms with Gasteiger partial charge in [-0.25, -0.2) is 0 Å². The van der Waals surface area contributed by atoms with Crippen molar-refractivity contribution in [3.8, 4) is 11.5 Å². The number of rotatable bonds is 2. The Morgan fingerprint density at radius 3 is 2.11 bits per heavy atom. The van der Waals surface area contributed by atoms with Crippen LogP contribution in [0.1, 0.15) is 11.1 Å². The Bertz CT molecular complexity index is 674. The third kappa shape index (κ3) is 1.87. The van der Waals surface area contributed by atoms with E-state index < -0.39 is 0 Å². The van der Waals surface area contributed by atoms with Gasteiger partial charge < -0.3 is 9.47 Å². The largest absolute Gasteiger partial charge is 0.496 e. The predicted molar refractivity (Wildman–Crippen MR) is 78.4 cm³/mol. The molecule has 0 unspecified atom stereocenters. The molecule has 0 saturated carbocycles. The summed E-state index contributed by atoms with van der Waals surface area (Å²) in [5.74, 6) is 1.85. The molecular weight excluding hydrogens is 260 g/mol. The number of fused-ring (bicyclic) bond motifs is 2. The highest BCUT2D eigenvalue weighted by Gasteiger charge is 2.22. The van der Waals surface area contributed by atoms with Crippen LogP contribution in [0.3, 0.4) is 0 Å². The van der Waals surface area contributed by atoms with Crippen molar-refractivity contribution in [1.29, 1.82) is 0 Å². The minimum absolute atomic E-state index is 0.710. The van der Waals surface area contributed by atoms with Crippen molar-refractivity contribution in [2.75, 3.05) is 14.2 Å². The normalized spacial score (nSPS) is 13.9. The predicted octanol–water partition coefficient (Wildman–Crippen LogP) is 4.08. The summed E-state index contributed by atoms with van der Waals surface area (Å²) < 4.78 is 11.3. The molecule has 0 radical (unpaired) electrons. The number of halogens is 1. The highest BCUT2D eigenvalue weighted by atomic mass is 35.5. The highest BCUT2D eigenvalue weighted by Crippen LogP contribution is 2.43. The van der Waals surface area contributed by atoms with Gasteiger partial charge in [0.25, 0.3) is 0 Å². The van der Waals surface area contributed by atoms with Crippen molar-refractivity contribution in [2.24, 2.45) is 0 Å². The topological polar surface area (TPSA) is 18.5 Å². The quantitative estimate of drug-likeness (QED) is 0.822. The minimum Gasteiger partial charge on any atom is -0.496 e. The molecule has 1 aliphatic rings. The van der Waals surface area contributed by atoms with Crippen LogP contribution in [0.5, 0.6) is 11.5 Å². The van der Waals surface area contributed by atoms with E-state index in [1.165, 1.54) is 5.56 Å². The van der Waals surface area contributed by atoms with Crippen molar-refractivity contribution in [2.45, 2.75) is 12.8 Å². The van der Waals surface area contributed by atoms with E-state index in [-0.39, 0.29) is 0 Å². The Labute approximate surface area is 117 Å². The van der Waals surface area contributed by atoms with Crippen molar-refractivity contribution in [3.63, 3.8) is 0 Å². The fourth-order valence-electron chi connectivity index (χ4n) is 2.80. The average Bonchev–Trinajstić information content (AvgIpc) is 2.44. The average molecular weight is 275 g/mol. The second kappa shape index (κ2) is 4.78. The summed E-state index contributed by atoms with van der Waals surface area (Å²) >= 11 is 6.18. The molecule has 19 heavy (non-hydrogen) atoms. The summed E-state index contributed by atoms with van der Waals surface area (Å²) in [6, 6.07) is 8.15. The van der Waals surface area contributed by atoms with Crippen LogP contribution in [0.2, 0.25) is 0 Å². The standard InChI is InChI=1S/C16H15ClO2/c1-18-15-11-5-3-4-6-12(11)16(19-2)14-9-10(17)7-8-13(14)15/h3-7H,8-9H2,1-2H3. The lowest BCUT2D eigenvalue weighted by atomic mass is 9.90. The van der Waals surface area contributed by atoms with E-state index in [0.29, 0.717) is 6.42 Å². The van der Waals surface area contributed by atoms with Crippen LogP contribution < -0.4 is 9.47 Å². The van der Waals surface area contributed by atoms with Crippen LogP contribution in [0.4, 0.5) is 0 Å². The molecule has 0 aromatic heterocycles. The summed E-state index contributed by atoms with van der Waals surface area (Å²) in [5.41, 5.74) is 2.33. The molecule has 0 aliphatic heterocycles. The molecule has 0 fully saturated rings.